The lowest BCUT2D eigenvalue weighted by molar-refractivity contribution is 0.0600. The number of ether oxygens (including phenoxy) is 1. The molecule has 1 fully saturated rings. The maximum atomic E-state index is 13.0. The number of rotatable bonds is 6. The predicted octanol–water partition coefficient (Wildman–Crippen LogP) is 3.84. The number of fused-ring (bicyclic) bond motifs is 1. The summed E-state index contributed by atoms with van der Waals surface area (Å²) in [7, 11) is -2.28. The standard InChI is InChI=1S/C25H27N3O5S2/c1-4-13-28-21-12-9-19(24(30)33-3)15-22(21)34-25(28)26-23(29)18-7-10-20(11-8-18)35(31,32)27-14-5-6-17(2)16-27/h4,7-12,15,17H,1,5-6,13-14,16H2,2-3H3. The molecule has 1 unspecified atom stereocenters. The molecule has 1 atom stereocenters. The van der Waals surface area contributed by atoms with Crippen molar-refractivity contribution in [1.82, 2.24) is 8.87 Å². The van der Waals surface area contributed by atoms with Crippen LogP contribution in [0.25, 0.3) is 10.2 Å². The maximum Gasteiger partial charge on any atom is 0.337 e. The number of allylic oxidation sites excluding steroid dienone is 1. The minimum absolute atomic E-state index is 0.169. The predicted molar refractivity (Wildman–Crippen MR) is 135 cm³/mol. The highest BCUT2D eigenvalue weighted by Crippen LogP contribution is 2.24. The van der Waals surface area contributed by atoms with Crippen molar-refractivity contribution in [2.45, 2.75) is 31.2 Å². The van der Waals surface area contributed by atoms with Gasteiger partial charge in [0.15, 0.2) is 4.80 Å². The van der Waals surface area contributed by atoms with Crippen molar-refractivity contribution in [1.29, 1.82) is 0 Å². The molecule has 184 valence electrons. The molecule has 1 aliphatic rings. The number of aromatic nitrogens is 1. The van der Waals surface area contributed by atoms with E-state index in [9.17, 15) is 18.0 Å². The minimum atomic E-state index is -3.60. The monoisotopic (exact) mass is 513 g/mol. The summed E-state index contributed by atoms with van der Waals surface area (Å²) in [6.07, 6.45) is 3.57. The van der Waals surface area contributed by atoms with Gasteiger partial charge in [-0.15, -0.1) is 6.58 Å². The summed E-state index contributed by atoms with van der Waals surface area (Å²) in [5.41, 5.74) is 1.50. The van der Waals surface area contributed by atoms with Gasteiger partial charge >= 0.3 is 5.97 Å². The number of hydrogen-bond donors (Lipinski definition) is 0. The molecule has 2 heterocycles. The van der Waals surface area contributed by atoms with Crippen LogP contribution in [0.5, 0.6) is 0 Å². The van der Waals surface area contributed by atoms with Gasteiger partial charge in [-0.1, -0.05) is 24.3 Å². The number of piperidine rings is 1. The molecule has 0 N–H and O–H groups in total. The number of amides is 1. The number of nitrogens with zero attached hydrogens (tertiary/aromatic N) is 3. The second kappa shape index (κ2) is 10.3. The number of methoxy groups -OCH3 is 1. The van der Waals surface area contributed by atoms with E-state index in [1.54, 1.807) is 24.3 Å². The van der Waals surface area contributed by atoms with E-state index in [0.717, 1.165) is 23.1 Å². The number of benzene rings is 2. The van der Waals surface area contributed by atoms with E-state index < -0.39 is 21.9 Å². The Balaban J connectivity index is 1.65. The van der Waals surface area contributed by atoms with Gasteiger partial charge in [-0.2, -0.15) is 9.30 Å². The molecule has 0 saturated carbocycles. The third-order valence-corrected chi connectivity index (χ3v) is 8.89. The fourth-order valence-corrected chi connectivity index (χ4v) is 6.82. The minimum Gasteiger partial charge on any atom is -0.465 e. The van der Waals surface area contributed by atoms with Crippen LogP contribution in [-0.2, 0) is 21.3 Å². The van der Waals surface area contributed by atoms with Gasteiger partial charge in [0.25, 0.3) is 5.91 Å². The highest BCUT2D eigenvalue weighted by molar-refractivity contribution is 7.89. The molecule has 1 amide bonds. The van der Waals surface area contributed by atoms with E-state index in [0.29, 0.717) is 35.9 Å². The largest absolute Gasteiger partial charge is 0.465 e. The van der Waals surface area contributed by atoms with Gasteiger partial charge < -0.3 is 9.30 Å². The molecule has 1 saturated heterocycles. The third-order valence-electron chi connectivity index (χ3n) is 5.97. The molecule has 8 nitrogen and oxygen atoms in total. The van der Waals surface area contributed by atoms with E-state index >= 15 is 0 Å². The Labute approximate surface area is 208 Å². The van der Waals surface area contributed by atoms with Crippen LogP contribution in [0.4, 0.5) is 0 Å². The molecular formula is C25H27N3O5S2. The van der Waals surface area contributed by atoms with E-state index in [1.165, 1.54) is 47.0 Å². The Morgan fingerprint density at radius 2 is 1.91 bits per heavy atom. The normalized spacial score (nSPS) is 17.4. The molecule has 4 rings (SSSR count). The highest BCUT2D eigenvalue weighted by atomic mass is 32.2. The first-order valence-corrected chi connectivity index (χ1v) is 13.5. The van der Waals surface area contributed by atoms with Gasteiger partial charge in [-0.3, -0.25) is 4.79 Å². The zero-order valence-corrected chi connectivity index (χ0v) is 21.3. The number of carbonyl (C=O) groups excluding carboxylic acids is 2. The first-order chi connectivity index (χ1) is 16.7. The van der Waals surface area contributed by atoms with E-state index in [4.69, 9.17) is 4.74 Å². The number of esters is 1. The van der Waals surface area contributed by atoms with Gasteiger partial charge in [0, 0.05) is 25.2 Å². The van der Waals surface area contributed by atoms with Crippen molar-refractivity contribution < 1.29 is 22.7 Å². The maximum absolute atomic E-state index is 13.0. The van der Waals surface area contributed by atoms with Gasteiger partial charge in [-0.05, 0) is 61.2 Å². The average Bonchev–Trinajstić information content (AvgIpc) is 3.19. The molecule has 0 spiro atoms. The smallest absolute Gasteiger partial charge is 0.337 e. The zero-order chi connectivity index (χ0) is 25.2. The summed E-state index contributed by atoms with van der Waals surface area (Å²) >= 11 is 1.27. The van der Waals surface area contributed by atoms with Crippen molar-refractivity contribution in [3.05, 3.63) is 71.0 Å². The van der Waals surface area contributed by atoms with Crippen LogP contribution in [0.15, 0.2) is 65.0 Å². The van der Waals surface area contributed by atoms with Crippen LogP contribution in [-0.4, -0.2) is 49.4 Å². The number of hydrogen-bond acceptors (Lipinski definition) is 6. The van der Waals surface area contributed by atoms with Crippen molar-refractivity contribution in [2.75, 3.05) is 20.2 Å². The van der Waals surface area contributed by atoms with Gasteiger partial charge in [0.2, 0.25) is 10.0 Å². The molecule has 1 aliphatic heterocycles. The highest BCUT2D eigenvalue weighted by Gasteiger charge is 2.28. The van der Waals surface area contributed by atoms with Gasteiger partial charge in [-0.25, -0.2) is 13.2 Å². The molecule has 1 aromatic heterocycles. The Bertz CT molecular complexity index is 1450. The first kappa shape index (κ1) is 25.0. The molecule has 3 aromatic rings. The second-order valence-electron chi connectivity index (χ2n) is 8.51. The van der Waals surface area contributed by atoms with E-state index in [-0.39, 0.29) is 10.5 Å². The lowest BCUT2D eigenvalue weighted by atomic mass is 10.0. The van der Waals surface area contributed by atoms with Crippen molar-refractivity contribution in [3.63, 3.8) is 0 Å². The van der Waals surface area contributed by atoms with Gasteiger partial charge in [0.1, 0.15) is 0 Å². The summed E-state index contributed by atoms with van der Waals surface area (Å²) in [5, 5.41) is 0. The number of sulfonamides is 1. The Morgan fingerprint density at radius 3 is 2.57 bits per heavy atom. The third kappa shape index (κ3) is 5.14. The summed E-state index contributed by atoms with van der Waals surface area (Å²) in [5.74, 6) is -0.609. The number of thiazole rings is 1. The molecule has 10 heteroatoms. The molecule has 0 radical (unpaired) electrons. The van der Waals surface area contributed by atoms with Crippen LogP contribution < -0.4 is 4.80 Å². The van der Waals surface area contributed by atoms with Crippen molar-refractivity contribution >= 4 is 43.5 Å². The molecule has 0 bridgehead atoms. The van der Waals surface area contributed by atoms with Gasteiger partial charge in [0.05, 0.1) is 27.8 Å². The van der Waals surface area contributed by atoms with Crippen LogP contribution in [0.3, 0.4) is 0 Å². The van der Waals surface area contributed by atoms with E-state index in [2.05, 4.69) is 11.6 Å². The van der Waals surface area contributed by atoms with Crippen molar-refractivity contribution in [3.8, 4) is 0 Å². The Hall–Kier alpha value is -3.08. The summed E-state index contributed by atoms with van der Waals surface area (Å²) in [4.78, 5) is 29.7. The van der Waals surface area contributed by atoms with Crippen molar-refractivity contribution in [2.24, 2.45) is 10.9 Å². The Kier molecular flexibility index (Phi) is 7.34. The second-order valence-corrected chi connectivity index (χ2v) is 11.5. The quantitative estimate of drug-likeness (QED) is 0.369. The topological polar surface area (TPSA) is 98.0 Å². The molecule has 2 aromatic carbocycles. The average molecular weight is 514 g/mol. The van der Waals surface area contributed by atoms with E-state index in [1.807, 2.05) is 11.5 Å². The lowest BCUT2D eigenvalue weighted by Gasteiger charge is -2.30. The summed E-state index contributed by atoms with van der Waals surface area (Å²) < 4.78 is 34.9. The number of carbonyl (C=O) groups is 2. The fourth-order valence-electron chi connectivity index (χ4n) is 4.14. The van der Waals surface area contributed by atoms with Crippen LogP contribution in [0.2, 0.25) is 0 Å². The summed E-state index contributed by atoms with van der Waals surface area (Å²) in [6, 6.07) is 11.1. The molecule has 35 heavy (non-hydrogen) atoms. The Morgan fingerprint density at radius 1 is 1.20 bits per heavy atom. The lowest BCUT2D eigenvalue weighted by Crippen LogP contribution is -2.39. The summed E-state index contributed by atoms with van der Waals surface area (Å²) in [6.45, 7) is 7.27. The molecule has 0 aliphatic carbocycles. The van der Waals surface area contributed by atoms with Crippen LogP contribution in [0.1, 0.15) is 40.5 Å². The zero-order valence-electron chi connectivity index (χ0n) is 19.6. The first-order valence-electron chi connectivity index (χ1n) is 11.3. The van der Waals surface area contributed by atoms with Crippen LogP contribution >= 0.6 is 11.3 Å². The molecular weight excluding hydrogens is 486 g/mol. The SMILES string of the molecule is C=CCn1c(=NC(=O)c2ccc(S(=O)(=O)N3CCCC(C)C3)cc2)sc2cc(C(=O)OC)ccc21. The van der Waals surface area contributed by atoms with Crippen LogP contribution in [0, 0.1) is 5.92 Å². The fraction of sp³-hybridized carbons (Fsp3) is 0.320.